The van der Waals surface area contributed by atoms with Crippen LogP contribution in [0.2, 0.25) is 0 Å². The summed E-state index contributed by atoms with van der Waals surface area (Å²) in [5.74, 6) is -1.38. The third-order valence-corrected chi connectivity index (χ3v) is 2.15. The van der Waals surface area contributed by atoms with E-state index in [2.05, 4.69) is 5.32 Å². The number of hydrogen-bond acceptors (Lipinski definition) is 3. The summed E-state index contributed by atoms with van der Waals surface area (Å²) in [7, 11) is 3.50. The Labute approximate surface area is 100 Å². The van der Waals surface area contributed by atoms with Crippen molar-refractivity contribution in [3.63, 3.8) is 0 Å². The van der Waals surface area contributed by atoms with E-state index < -0.39 is 12.0 Å². The Balaban J connectivity index is 2.75. The molecule has 0 fully saturated rings. The summed E-state index contributed by atoms with van der Waals surface area (Å²) in [6.07, 6.45) is 0. The second kappa shape index (κ2) is 6.00. The number of aliphatic carboxylic acids is 1. The van der Waals surface area contributed by atoms with Crippen molar-refractivity contribution in [3.8, 4) is 0 Å². The first-order chi connectivity index (χ1) is 8.00. The number of carboxylic acids is 1. The highest BCUT2D eigenvalue weighted by molar-refractivity contribution is 5.85. The van der Waals surface area contributed by atoms with E-state index in [0.29, 0.717) is 5.56 Å². The number of benzene rings is 1. The predicted molar refractivity (Wildman–Crippen MR) is 63.5 cm³/mol. The van der Waals surface area contributed by atoms with Crippen LogP contribution in [0.25, 0.3) is 0 Å². The molecule has 5 nitrogen and oxygen atoms in total. The maximum atomic E-state index is 11.5. The first kappa shape index (κ1) is 13.2. The van der Waals surface area contributed by atoms with Gasteiger partial charge in [-0.1, -0.05) is 30.3 Å². The molecule has 92 valence electrons. The van der Waals surface area contributed by atoms with Gasteiger partial charge in [0.25, 0.3) is 0 Å². The molecule has 0 heterocycles. The molecule has 0 aliphatic rings. The van der Waals surface area contributed by atoms with Crippen LogP contribution in [0.3, 0.4) is 0 Å². The van der Waals surface area contributed by atoms with E-state index >= 15 is 0 Å². The zero-order chi connectivity index (χ0) is 12.8. The Bertz CT molecular complexity index is 390. The molecule has 2 N–H and O–H groups in total. The van der Waals surface area contributed by atoms with E-state index in [1.807, 2.05) is 0 Å². The Morgan fingerprint density at radius 3 is 2.35 bits per heavy atom. The van der Waals surface area contributed by atoms with Gasteiger partial charge in [0, 0.05) is 0 Å². The van der Waals surface area contributed by atoms with Crippen LogP contribution in [0.5, 0.6) is 0 Å². The molecule has 1 atom stereocenters. The minimum atomic E-state index is -1.07. The fourth-order valence-corrected chi connectivity index (χ4v) is 1.43. The molecule has 0 saturated carbocycles. The number of rotatable bonds is 5. The highest BCUT2D eigenvalue weighted by Crippen LogP contribution is 2.12. The maximum Gasteiger partial charge on any atom is 0.330 e. The lowest BCUT2D eigenvalue weighted by Crippen LogP contribution is -2.38. The predicted octanol–water partition coefficient (Wildman–Crippen LogP) is 0.490. The van der Waals surface area contributed by atoms with Crippen LogP contribution in [-0.2, 0) is 9.59 Å². The Morgan fingerprint density at radius 1 is 1.29 bits per heavy atom. The van der Waals surface area contributed by atoms with Crippen molar-refractivity contribution in [2.75, 3.05) is 20.6 Å². The second-order valence-electron chi connectivity index (χ2n) is 3.99. The lowest BCUT2D eigenvalue weighted by Gasteiger charge is -2.16. The van der Waals surface area contributed by atoms with Gasteiger partial charge < -0.3 is 15.3 Å². The molecule has 0 radical (unpaired) electrons. The molecule has 0 aromatic heterocycles. The maximum absolute atomic E-state index is 11.5. The molecule has 0 aliphatic heterocycles. The molecule has 5 heteroatoms. The SMILES string of the molecule is CN(C)CC(=O)NC(C(=O)O)c1ccccc1. The van der Waals surface area contributed by atoms with Crippen LogP contribution in [0.15, 0.2) is 30.3 Å². The van der Waals surface area contributed by atoms with Crippen molar-refractivity contribution in [1.29, 1.82) is 0 Å². The topological polar surface area (TPSA) is 69.6 Å². The number of nitrogens with one attached hydrogen (secondary N) is 1. The van der Waals surface area contributed by atoms with E-state index in [-0.39, 0.29) is 12.5 Å². The van der Waals surface area contributed by atoms with Gasteiger partial charge in [-0.3, -0.25) is 4.79 Å². The van der Waals surface area contributed by atoms with Crippen molar-refractivity contribution in [1.82, 2.24) is 10.2 Å². The minimum absolute atomic E-state index is 0.163. The summed E-state index contributed by atoms with van der Waals surface area (Å²) >= 11 is 0. The zero-order valence-electron chi connectivity index (χ0n) is 9.88. The molecule has 17 heavy (non-hydrogen) atoms. The zero-order valence-corrected chi connectivity index (χ0v) is 9.88. The van der Waals surface area contributed by atoms with Gasteiger partial charge >= 0.3 is 5.97 Å². The van der Waals surface area contributed by atoms with Gasteiger partial charge in [0.05, 0.1) is 6.54 Å². The fourth-order valence-electron chi connectivity index (χ4n) is 1.43. The highest BCUT2D eigenvalue weighted by Gasteiger charge is 2.21. The van der Waals surface area contributed by atoms with Gasteiger partial charge in [0.1, 0.15) is 0 Å². The standard InChI is InChI=1S/C12H16N2O3/c1-14(2)8-10(15)13-11(12(16)17)9-6-4-3-5-7-9/h3-7,11H,8H2,1-2H3,(H,13,15)(H,16,17). The molecule has 0 aliphatic carbocycles. The molecule has 0 spiro atoms. The number of likely N-dealkylation sites (N-methyl/N-ethyl adjacent to an activating group) is 1. The molecule has 1 aromatic rings. The summed E-state index contributed by atoms with van der Waals surface area (Å²) in [6, 6.07) is 7.63. The molecular weight excluding hydrogens is 220 g/mol. The number of nitrogens with zero attached hydrogens (tertiary/aromatic N) is 1. The van der Waals surface area contributed by atoms with Gasteiger partial charge in [-0.25, -0.2) is 4.79 Å². The van der Waals surface area contributed by atoms with Crippen LogP contribution >= 0.6 is 0 Å². The average molecular weight is 236 g/mol. The summed E-state index contributed by atoms with van der Waals surface area (Å²) in [5, 5.41) is 11.6. The molecule has 0 saturated heterocycles. The Morgan fingerprint density at radius 2 is 1.88 bits per heavy atom. The van der Waals surface area contributed by atoms with Gasteiger partial charge in [-0.15, -0.1) is 0 Å². The first-order valence-corrected chi connectivity index (χ1v) is 5.22. The van der Waals surface area contributed by atoms with E-state index in [1.165, 1.54) is 0 Å². The number of amides is 1. The van der Waals surface area contributed by atoms with Crippen molar-refractivity contribution < 1.29 is 14.7 Å². The van der Waals surface area contributed by atoms with Crippen molar-refractivity contribution >= 4 is 11.9 Å². The fraction of sp³-hybridized carbons (Fsp3) is 0.333. The lowest BCUT2D eigenvalue weighted by molar-refractivity contribution is -0.142. The van der Waals surface area contributed by atoms with E-state index in [0.717, 1.165) is 0 Å². The van der Waals surface area contributed by atoms with Gasteiger partial charge in [0.2, 0.25) is 5.91 Å². The van der Waals surface area contributed by atoms with Gasteiger partial charge in [-0.05, 0) is 19.7 Å². The second-order valence-corrected chi connectivity index (χ2v) is 3.99. The van der Waals surface area contributed by atoms with Crippen LogP contribution in [0, 0.1) is 0 Å². The third kappa shape index (κ3) is 4.24. The molecular formula is C12H16N2O3. The monoisotopic (exact) mass is 236 g/mol. The first-order valence-electron chi connectivity index (χ1n) is 5.22. The Kier molecular flexibility index (Phi) is 4.66. The smallest absolute Gasteiger partial charge is 0.330 e. The van der Waals surface area contributed by atoms with Crippen molar-refractivity contribution in [3.05, 3.63) is 35.9 Å². The largest absolute Gasteiger partial charge is 0.479 e. The minimum Gasteiger partial charge on any atom is -0.479 e. The summed E-state index contributed by atoms with van der Waals surface area (Å²) in [5.41, 5.74) is 0.562. The van der Waals surface area contributed by atoms with Crippen LogP contribution in [0.1, 0.15) is 11.6 Å². The number of carboxylic acid groups (broad SMARTS) is 1. The average Bonchev–Trinajstić information content (AvgIpc) is 2.25. The van der Waals surface area contributed by atoms with E-state index in [9.17, 15) is 9.59 Å². The van der Waals surface area contributed by atoms with E-state index in [4.69, 9.17) is 5.11 Å². The summed E-state index contributed by atoms with van der Waals surface area (Å²) in [6.45, 7) is 0.163. The van der Waals surface area contributed by atoms with Crippen LogP contribution in [-0.4, -0.2) is 42.5 Å². The number of carbonyl (C=O) groups is 2. The quantitative estimate of drug-likeness (QED) is 0.780. The van der Waals surface area contributed by atoms with Crippen molar-refractivity contribution in [2.24, 2.45) is 0 Å². The third-order valence-electron chi connectivity index (χ3n) is 2.15. The lowest BCUT2D eigenvalue weighted by atomic mass is 10.1. The highest BCUT2D eigenvalue weighted by atomic mass is 16.4. The molecule has 1 rings (SSSR count). The summed E-state index contributed by atoms with van der Waals surface area (Å²) in [4.78, 5) is 24.3. The molecule has 1 aromatic carbocycles. The molecule has 1 unspecified atom stereocenters. The normalized spacial score (nSPS) is 12.2. The number of carbonyl (C=O) groups excluding carboxylic acids is 1. The van der Waals surface area contributed by atoms with Gasteiger partial charge in [0.15, 0.2) is 6.04 Å². The van der Waals surface area contributed by atoms with Crippen LogP contribution in [0.4, 0.5) is 0 Å². The van der Waals surface area contributed by atoms with Crippen molar-refractivity contribution in [2.45, 2.75) is 6.04 Å². The Hall–Kier alpha value is -1.88. The van der Waals surface area contributed by atoms with E-state index in [1.54, 1.807) is 49.3 Å². The van der Waals surface area contributed by atoms with Gasteiger partial charge in [-0.2, -0.15) is 0 Å². The molecule has 0 bridgehead atoms. The van der Waals surface area contributed by atoms with Crippen LogP contribution < -0.4 is 5.32 Å². The summed E-state index contributed by atoms with van der Waals surface area (Å²) < 4.78 is 0. The number of hydrogen-bond donors (Lipinski definition) is 2. The molecule has 1 amide bonds.